The van der Waals surface area contributed by atoms with Gasteiger partial charge in [-0.25, -0.2) is 4.79 Å². The van der Waals surface area contributed by atoms with Crippen LogP contribution in [0.25, 0.3) is 11.5 Å². The fraction of sp³-hybridized carbons (Fsp3) is 0.118. The molecule has 3 rings (SSSR count). The number of rotatable bonds is 5. The Kier molecular flexibility index (Phi) is 5.26. The lowest BCUT2D eigenvalue weighted by molar-refractivity contribution is -0.384. The van der Waals surface area contributed by atoms with Crippen LogP contribution in [0.3, 0.4) is 0 Å². The molecule has 0 aliphatic rings. The molecule has 0 aliphatic carbocycles. The normalized spacial score (nSPS) is 11.8. The lowest BCUT2D eigenvalue weighted by Crippen LogP contribution is -2.10. The van der Waals surface area contributed by atoms with Gasteiger partial charge in [0.25, 0.3) is 11.6 Å². The van der Waals surface area contributed by atoms with E-state index in [1.54, 1.807) is 25.1 Å². The molecule has 0 amide bonds. The molecule has 26 heavy (non-hydrogen) atoms. The summed E-state index contributed by atoms with van der Waals surface area (Å²) in [5, 5.41) is 18.5. The molecule has 0 N–H and O–H groups in total. The number of aromatic nitrogens is 2. The van der Waals surface area contributed by atoms with Gasteiger partial charge in [-0.15, -0.1) is 10.2 Å². The molecule has 1 aromatic heterocycles. The van der Waals surface area contributed by atoms with Crippen molar-refractivity contribution < 1.29 is 18.9 Å². The highest BCUT2D eigenvalue weighted by Crippen LogP contribution is 2.25. The van der Waals surface area contributed by atoms with E-state index in [2.05, 4.69) is 32.8 Å². The predicted octanol–water partition coefficient (Wildman–Crippen LogP) is 4.17. The molecular weight excluding hydrogens is 453 g/mol. The van der Waals surface area contributed by atoms with Crippen molar-refractivity contribution in [3.05, 3.63) is 73.7 Å². The molecule has 0 radical (unpaired) electrons. The van der Waals surface area contributed by atoms with Gasteiger partial charge in [0.15, 0.2) is 6.10 Å². The lowest BCUT2D eigenvalue weighted by atomic mass is 10.2. The van der Waals surface area contributed by atoms with Gasteiger partial charge in [0.2, 0.25) is 5.89 Å². The second kappa shape index (κ2) is 7.60. The first-order valence-corrected chi connectivity index (χ1v) is 8.57. The number of halogens is 1. The summed E-state index contributed by atoms with van der Waals surface area (Å²) in [6.45, 7) is 1.63. The van der Waals surface area contributed by atoms with Gasteiger partial charge >= 0.3 is 5.97 Å². The van der Waals surface area contributed by atoms with E-state index in [4.69, 9.17) is 9.15 Å². The van der Waals surface area contributed by atoms with Gasteiger partial charge in [0, 0.05) is 21.3 Å². The van der Waals surface area contributed by atoms with E-state index in [9.17, 15) is 14.9 Å². The molecule has 0 spiro atoms. The first-order chi connectivity index (χ1) is 12.5. The van der Waals surface area contributed by atoms with Gasteiger partial charge in [-0.1, -0.05) is 12.1 Å². The smallest absolute Gasteiger partial charge is 0.339 e. The Morgan fingerprint density at radius 3 is 2.54 bits per heavy atom. The van der Waals surface area contributed by atoms with Gasteiger partial charge in [-0.3, -0.25) is 10.1 Å². The van der Waals surface area contributed by atoms with Crippen molar-refractivity contribution in [2.24, 2.45) is 0 Å². The maximum Gasteiger partial charge on any atom is 0.339 e. The Morgan fingerprint density at radius 2 is 1.88 bits per heavy atom. The number of non-ortho nitro benzene ring substituents is 1. The average molecular weight is 465 g/mol. The zero-order chi connectivity index (χ0) is 18.7. The van der Waals surface area contributed by atoms with Crippen LogP contribution in [-0.4, -0.2) is 21.1 Å². The second-order valence-electron chi connectivity index (χ2n) is 5.28. The highest BCUT2D eigenvalue weighted by molar-refractivity contribution is 14.1. The second-order valence-corrected chi connectivity index (χ2v) is 6.44. The number of esters is 1. The number of nitro groups is 1. The highest BCUT2D eigenvalue weighted by atomic mass is 127. The first kappa shape index (κ1) is 18.0. The van der Waals surface area contributed by atoms with Crippen molar-refractivity contribution in [1.82, 2.24) is 10.2 Å². The van der Waals surface area contributed by atoms with Gasteiger partial charge in [-0.2, -0.15) is 0 Å². The van der Waals surface area contributed by atoms with Crippen LogP contribution < -0.4 is 0 Å². The zero-order valence-corrected chi connectivity index (χ0v) is 15.6. The highest BCUT2D eigenvalue weighted by Gasteiger charge is 2.21. The molecule has 9 heteroatoms. The standard InChI is InChI=1S/C17H12IN3O5/c1-10(25-17(22)13-4-2-3-5-14(13)18)15-19-20-16(26-15)11-6-8-12(9-7-11)21(23)24/h2-10H,1H3. The lowest BCUT2D eigenvalue weighted by Gasteiger charge is -2.10. The Morgan fingerprint density at radius 1 is 1.19 bits per heavy atom. The Labute approximate surface area is 161 Å². The van der Waals surface area contributed by atoms with Crippen LogP contribution in [0.15, 0.2) is 52.9 Å². The molecule has 132 valence electrons. The minimum Gasteiger partial charge on any atom is -0.449 e. The largest absolute Gasteiger partial charge is 0.449 e. The van der Waals surface area contributed by atoms with Crippen molar-refractivity contribution in [2.75, 3.05) is 0 Å². The summed E-state index contributed by atoms with van der Waals surface area (Å²) < 4.78 is 11.7. The maximum absolute atomic E-state index is 12.2. The van der Waals surface area contributed by atoms with E-state index in [1.165, 1.54) is 24.3 Å². The molecule has 0 aliphatic heterocycles. The van der Waals surface area contributed by atoms with Crippen molar-refractivity contribution in [2.45, 2.75) is 13.0 Å². The van der Waals surface area contributed by atoms with Gasteiger partial charge < -0.3 is 9.15 Å². The molecule has 1 heterocycles. The van der Waals surface area contributed by atoms with Crippen molar-refractivity contribution in [3.8, 4) is 11.5 Å². The monoisotopic (exact) mass is 465 g/mol. The molecule has 1 atom stereocenters. The summed E-state index contributed by atoms with van der Waals surface area (Å²) in [5.74, 6) is -0.165. The molecule has 3 aromatic rings. The van der Waals surface area contributed by atoms with E-state index >= 15 is 0 Å². The Hall–Kier alpha value is -2.82. The third-order valence-electron chi connectivity index (χ3n) is 3.49. The summed E-state index contributed by atoms with van der Waals surface area (Å²) in [7, 11) is 0. The summed E-state index contributed by atoms with van der Waals surface area (Å²) in [5.41, 5.74) is 0.953. The van der Waals surface area contributed by atoms with E-state index in [0.717, 1.165) is 3.57 Å². The molecule has 0 bridgehead atoms. The van der Waals surface area contributed by atoms with Crippen LogP contribution in [-0.2, 0) is 4.74 Å². The molecular formula is C17H12IN3O5. The van der Waals surface area contributed by atoms with Crippen LogP contribution in [0.1, 0.15) is 29.3 Å². The minimum absolute atomic E-state index is 0.0340. The van der Waals surface area contributed by atoms with Crippen molar-refractivity contribution >= 4 is 34.2 Å². The quantitative estimate of drug-likeness (QED) is 0.241. The van der Waals surface area contributed by atoms with E-state index in [-0.39, 0.29) is 17.5 Å². The molecule has 2 aromatic carbocycles. The average Bonchev–Trinajstić information content (AvgIpc) is 3.12. The zero-order valence-electron chi connectivity index (χ0n) is 13.5. The number of carbonyl (C=O) groups excluding carboxylic acids is 1. The van der Waals surface area contributed by atoms with Crippen LogP contribution >= 0.6 is 22.6 Å². The Balaban J connectivity index is 1.73. The van der Waals surface area contributed by atoms with E-state index in [0.29, 0.717) is 11.1 Å². The minimum atomic E-state index is -0.738. The number of hydrogen-bond donors (Lipinski definition) is 0. The van der Waals surface area contributed by atoms with Crippen LogP contribution in [0.5, 0.6) is 0 Å². The molecule has 8 nitrogen and oxygen atoms in total. The predicted molar refractivity (Wildman–Crippen MR) is 99.4 cm³/mol. The van der Waals surface area contributed by atoms with Gasteiger partial charge in [-0.05, 0) is 53.8 Å². The van der Waals surface area contributed by atoms with Crippen molar-refractivity contribution in [1.29, 1.82) is 0 Å². The number of ether oxygens (including phenoxy) is 1. The summed E-state index contributed by atoms with van der Waals surface area (Å²) in [6.07, 6.45) is -0.738. The summed E-state index contributed by atoms with van der Waals surface area (Å²) in [6, 6.07) is 12.8. The molecule has 0 fully saturated rings. The number of nitrogens with zero attached hydrogens (tertiary/aromatic N) is 3. The fourth-order valence-corrected chi connectivity index (χ4v) is 2.75. The molecule has 1 unspecified atom stereocenters. The topological polar surface area (TPSA) is 108 Å². The van der Waals surface area contributed by atoms with Crippen molar-refractivity contribution in [3.63, 3.8) is 0 Å². The third kappa shape index (κ3) is 3.87. The third-order valence-corrected chi connectivity index (χ3v) is 4.43. The number of nitro benzene ring substituents is 1. The van der Waals surface area contributed by atoms with Gasteiger partial charge in [0.05, 0.1) is 10.5 Å². The van der Waals surface area contributed by atoms with Crippen LogP contribution in [0.4, 0.5) is 5.69 Å². The van der Waals surface area contributed by atoms with Crippen LogP contribution in [0, 0.1) is 13.7 Å². The first-order valence-electron chi connectivity index (χ1n) is 7.49. The van der Waals surface area contributed by atoms with E-state index in [1.807, 2.05) is 6.07 Å². The molecule has 0 saturated carbocycles. The summed E-state index contributed by atoms with van der Waals surface area (Å²) >= 11 is 2.06. The fourth-order valence-electron chi connectivity index (χ4n) is 2.14. The van der Waals surface area contributed by atoms with Gasteiger partial charge in [0.1, 0.15) is 0 Å². The maximum atomic E-state index is 12.2. The number of hydrogen-bond acceptors (Lipinski definition) is 7. The Bertz CT molecular complexity index is 955. The molecule has 0 saturated heterocycles. The number of benzene rings is 2. The van der Waals surface area contributed by atoms with E-state index < -0.39 is 17.0 Å². The van der Waals surface area contributed by atoms with Crippen LogP contribution in [0.2, 0.25) is 0 Å². The summed E-state index contributed by atoms with van der Waals surface area (Å²) in [4.78, 5) is 22.4. The number of carbonyl (C=O) groups is 1. The SMILES string of the molecule is CC(OC(=O)c1ccccc1I)c1nnc(-c2ccc([N+](=O)[O-])cc2)o1.